The summed E-state index contributed by atoms with van der Waals surface area (Å²) < 4.78 is 0. The lowest BCUT2D eigenvalue weighted by Gasteiger charge is -2.20. The highest BCUT2D eigenvalue weighted by atomic mass is 32.1. The van der Waals surface area contributed by atoms with Gasteiger partial charge in [-0.3, -0.25) is 4.79 Å². The Labute approximate surface area is 130 Å². The zero-order valence-electron chi connectivity index (χ0n) is 12.8. The quantitative estimate of drug-likeness (QED) is 0.857. The number of hydrogen-bond donors (Lipinski definition) is 1. The third kappa shape index (κ3) is 3.85. The van der Waals surface area contributed by atoms with Gasteiger partial charge in [-0.05, 0) is 61.4 Å². The van der Waals surface area contributed by atoms with E-state index in [9.17, 15) is 4.79 Å². The minimum atomic E-state index is 0.0897. The molecule has 1 unspecified atom stereocenters. The summed E-state index contributed by atoms with van der Waals surface area (Å²) in [5.41, 5.74) is 2.98. The summed E-state index contributed by atoms with van der Waals surface area (Å²) in [7, 11) is 0. The van der Waals surface area contributed by atoms with Crippen molar-refractivity contribution in [3.63, 3.8) is 0 Å². The smallest absolute Gasteiger partial charge is 0.253 e. The first-order chi connectivity index (χ1) is 10.2. The standard InChI is InChI=1S/C17H22N2OS/c1-4-19(5-2)17(20)14-7-6-8-16(11-14)18-13(3)15-9-10-21-12-15/h6-13,18H,4-5H2,1-3H3. The maximum Gasteiger partial charge on any atom is 0.253 e. The molecule has 3 nitrogen and oxygen atoms in total. The molecule has 0 saturated carbocycles. The maximum atomic E-state index is 12.4. The Morgan fingerprint density at radius 2 is 2.05 bits per heavy atom. The Balaban J connectivity index is 2.12. The van der Waals surface area contributed by atoms with Gasteiger partial charge in [0.15, 0.2) is 0 Å². The topological polar surface area (TPSA) is 32.3 Å². The van der Waals surface area contributed by atoms with Crippen LogP contribution in [-0.2, 0) is 0 Å². The van der Waals surface area contributed by atoms with Gasteiger partial charge < -0.3 is 10.2 Å². The number of rotatable bonds is 6. The lowest BCUT2D eigenvalue weighted by Crippen LogP contribution is -2.30. The van der Waals surface area contributed by atoms with Gasteiger partial charge >= 0.3 is 0 Å². The molecule has 1 aromatic heterocycles. The van der Waals surface area contributed by atoms with E-state index in [1.165, 1.54) is 5.56 Å². The van der Waals surface area contributed by atoms with Gasteiger partial charge in [-0.25, -0.2) is 0 Å². The largest absolute Gasteiger partial charge is 0.378 e. The molecular weight excluding hydrogens is 280 g/mol. The van der Waals surface area contributed by atoms with Crippen LogP contribution >= 0.6 is 11.3 Å². The molecule has 4 heteroatoms. The summed E-state index contributed by atoms with van der Waals surface area (Å²) in [6.07, 6.45) is 0. The van der Waals surface area contributed by atoms with E-state index in [1.54, 1.807) is 11.3 Å². The van der Waals surface area contributed by atoms with Gasteiger partial charge in [0.2, 0.25) is 0 Å². The van der Waals surface area contributed by atoms with Gasteiger partial charge in [0.1, 0.15) is 0 Å². The van der Waals surface area contributed by atoms with Crippen LogP contribution in [0.1, 0.15) is 42.7 Å². The van der Waals surface area contributed by atoms with Crippen LogP contribution in [0.5, 0.6) is 0 Å². The van der Waals surface area contributed by atoms with Gasteiger partial charge in [-0.2, -0.15) is 11.3 Å². The monoisotopic (exact) mass is 302 g/mol. The fraction of sp³-hybridized carbons (Fsp3) is 0.353. The second-order valence-corrected chi connectivity index (χ2v) is 5.76. The molecule has 0 radical (unpaired) electrons. The van der Waals surface area contributed by atoms with E-state index >= 15 is 0 Å². The molecule has 21 heavy (non-hydrogen) atoms. The van der Waals surface area contributed by atoms with Crippen molar-refractivity contribution in [3.8, 4) is 0 Å². The van der Waals surface area contributed by atoms with Crippen LogP contribution in [0.2, 0.25) is 0 Å². The summed E-state index contributed by atoms with van der Waals surface area (Å²) in [5.74, 6) is 0.0897. The molecule has 112 valence electrons. The lowest BCUT2D eigenvalue weighted by atomic mass is 10.1. The molecule has 2 rings (SSSR count). The summed E-state index contributed by atoms with van der Waals surface area (Å²) in [4.78, 5) is 14.2. The molecule has 0 aliphatic rings. The number of hydrogen-bond acceptors (Lipinski definition) is 3. The third-order valence-electron chi connectivity index (χ3n) is 3.59. The predicted octanol–water partition coefficient (Wildman–Crippen LogP) is 4.40. The molecule has 0 spiro atoms. The molecule has 0 saturated heterocycles. The van der Waals surface area contributed by atoms with E-state index in [1.807, 2.05) is 43.0 Å². The van der Waals surface area contributed by atoms with Crippen molar-refractivity contribution in [1.82, 2.24) is 4.90 Å². The van der Waals surface area contributed by atoms with Crippen LogP contribution in [0.3, 0.4) is 0 Å². The molecule has 2 aromatic rings. The predicted molar refractivity (Wildman–Crippen MR) is 90.1 cm³/mol. The van der Waals surface area contributed by atoms with Crippen molar-refractivity contribution in [2.24, 2.45) is 0 Å². The van der Waals surface area contributed by atoms with Crippen molar-refractivity contribution in [3.05, 3.63) is 52.2 Å². The van der Waals surface area contributed by atoms with E-state index in [0.29, 0.717) is 0 Å². The van der Waals surface area contributed by atoms with Crippen LogP contribution in [0, 0.1) is 0 Å². The Morgan fingerprint density at radius 1 is 1.29 bits per heavy atom. The molecule has 0 fully saturated rings. The van der Waals surface area contributed by atoms with E-state index in [2.05, 4.69) is 29.1 Å². The summed E-state index contributed by atoms with van der Waals surface area (Å²) >= 11 is 1.70. The minimum Gasteiger partial charge on any atom is -0.378 e. The highest BCUT2D eigenvalue weighted by Gasteiger charge is 2.13. The van der Waals surface area contributed by atoms with Crippen LogP contribution in [0.15, 0.2) is 41.1 Å². The second-order valence-electron chi connectivity index (χ2n) is 4.98. The number of thiophene rings is 1. The van der Waals surface area contributed by atoms with Gasteiger partial charge in [0.05, 0.1) is 0 Å². The fourth-order valence-corrected chi connectivity index (χ4v) is 3.04. The molecule has 1 amide bonds. The van der Waals surface area contributed by atoms with Crippen LogP contribution in [0.25, 0.3) is 0 Å². The number of anilines is 1. The van der Waals surface area contributed by atoms with Gasteiger partial charge in [0, 0.05) is 30.4 Å². The fourth-order valence-electron chi connectivity index (χ4n) is 2.29. The van der Waals surface area contributed by atoms with Crippen molar-refractivity contribution in [2.45, 2.75) is 26.8 Å². The number of nitrogens with one attached hydrogen (secondary N) is 1. The maximum absolute atomic E-state index is 12.4. The zero-order chi connectivity index (χ0) is 15.2. The Kier molecular flexibility index (Phi) is 5.39. The number of benzene rings is 1. The van der Waals surface area contributed by atoms with Crippen LogP contribution < -0.4 is 5.32 Å². The van der Waals surface area contributed by atoms with Crippen molar-refractivity contribution in [2.75, 3.05) is 18.4 Å². The normalized spacial score (nSPS) is 12.0. The van der Waals surface area contributed by atoms with Gasteiger partial charge in [-0.15, -0.1) is 0 Å². The van der Waals surface area contributed by atoms with Gasteiger partial charge in [-0.1, -0.05) is 6.07 Å². The molecule has 1 aromatic carbocycles. The SMILES string of the molecule is CCN(CC)C(=O)c1cccc(NC(C)c2ccsc2)c1. The molecule has 1 heterocycles. The Hall–Kier alpha value is -1.81. The number of carbonyl (C=O) groups is 1. The van der Waals surface area contributed by atoms with E-state index in [-0.39, 0.29) is 11.9 Å². The molecule has 1 N–H and O–H groups in total. The van der Waals surface area contributed by atoms with Crippen molar-refractivity contribution < 1.29 is 4.79 Å². The molecular formula is C17H22N2OS. The van der Waals surface area contributed by atoms with Gasteiger partial charge in [0.25, 0.3) is 5.91 Å². The number of nitrogens with zero attached hydrogens (tertiary/aromatic N) is 1. The number of amides is 1. The first-order valence-electron chi connectivity index (χ1n) is 7.33. The summed E-state index contributed by atoms with van der Waals surface area (Å²) in [6, 6.07) is 10.1. The highest BCUT2D eigenvalue weighted by molar-refractivity contribution is 7.07. The number of carbonyl (C=O) groups excluding carboxylic acids is 1. The van der Waals surface area contributed by atoms with Crippen molar-refractivity contribution >= 4 is 22.9 Å². The average Bonchev–Trinajstić information content (AvgIpc) is 3.03. The summed E-state index contributed by atoms with van der Waals surface area (Å²) in [5, 5.41) is 7.67. The second kappa shape index (κ2) is 7.27. The molecule has 0 aliphatic carbocycles. The molecule has 0 aliphatic heterocycles. The van der Waals surface area contributed by atoms with E-state index in [4.69, 9.17) is 0 Å². The Morgan fingerprint density at radius 3 is 2.67 bits per heavy atom. The third-order valence-corrected chi connectivity index (χ3v) is 4.29. The average molecular weight is 302 g/mol. The lowest BCUT2D eigenvalue weighted by molar-refractivity contribution is 0.0773. The highest BCUT2D eigenvalue weighted by Crippen LogP contribution is 2.22. The minimum absolute atomic E-state index is 0.0897. The first kappa shape index (κ1) is 15.6. The van der Waals surface area contributed by atoms with Crippen LogP contribution in [0.4, 0.5) is 5.69 Å². The zero-order valence-corrected chi connectivity index (χ0v) is 13.6. The van der Waals surface area contributed by atoms with Crippen LogP contribution in [-0.4, -0.2) is 23.9 Å². The molecule has 1 atom stereocenters. The first-order valence-corrected chi connectivity index (χ1v) is 8.28. The Bertz CT molecular complexity index is 576. The van der Waals surface area contributed by atoms with Crippen molar-refractivity contribution in [1.29, 1.82) is 0 Å². The molecule has 0 bridgehead atoms. The summed E-state index contributed by atoms with van der Waals surface area (Å²) in [6.45, 7) is 7.60. The van der Waals surface area contributed by atoms with E-state index < -0.39 is 0 Å². The van der Waals surface area contributed by atoms with E-state index in [0.717, 1.165) is 24.3 Å².